The Bertz CT molecular complexity index is 2200. The molecule has 0 saturated carbocycles. The van der Waals surface area contributed by atoms with Crippen LogP contribution in [0.15, 0.2) is 273 Å². The van der Waals surface area contributed by atoms with E-state index in [1.54, 1.807) is 0 Å². The van der Waals surface area contributed by atoms with Crippen LogP contribution in [-0.4, -0.2) is 32.7 Å². The van der Waals surface area contributed by atoms with Gasteiger partial charge in [0.25, 0.3) is 0 Å². The van der Waals surface area contributed by atoms with E-state index < -0.39 is 32.7 Å². The molecule has 0 aromatic heterocycles. The van der Waals surface area contributed by atoms with E-state index in [0.29, 0.717) is 0 Å². The van der Waals surface area contributed by atoms with Crippen LogP contribution in [0.5, 0.6) is 0 Å². The Hall–Kier alpha value is -5.92. The van der Waals surface area contributed by atoms with Gasteiger partial charge in [-0.1, -0.05) is 0 Å². The molecule has 0 aliphatic heterocycles. The third kappa shape index (κ3) is 6.12. The fourth-order valence-electron chi connectivity index (χ4n) is 9.11. The zero-order chi connectivity index (χ0) is 39.9. The van der Waals surface area contributed by atoms with Crippen molar-refractivity contribution in [2.45, 2.75) is 0 Å². The van der Waals surface area contributed by atoms with Crippen LogP contribution in [0.3, 0.4) is 0 Å². The van der Waals surface area contributed by atoms with Gasteiger partial charge >= 0.3 is 353 Å². The van der Waals surface area contributed by atoms with Crippen LogP contribution in [0.4, 0.5) is 0 Å². The first-order valence-electron chi connectivity index (χ1n) is 20.1. The van der Waals surface area contributed by atoms with E-state index in [9.17, 15) is 0 Å². The molecule has 0 spiro atoms. The monoisotopic (exact) mass is 886 g/mol. The molecule has 59 heavy (non-hydrogen) atoms. The van der Waals surface area contributed by atoms with Crippen molar-refractivity contribution >= 4 is 73.0 Å². The van der Waals surface area contributed by atoms with Gasteiger partial charge in [-0.25, -0.2) is 0 Å². The van der Waals surface area contributed by atoms with E-state index in [-0.39, 0.29) is 0 Å². The van der Waals surface area contributed by atoms with Crippen LogP contribution in [0.25, 0.3) is 0 Å². The number of benzene rings is 9. The molecule has 0 atom stereocenters. The van der Waals surface area contributed by atoms with Crippen molar-refractivity contribution in [1.82, 2.24) is 0 Å². The van der Waals surface area contributed by atoms with Gasteiger partial charge in [-0.05, 0) is 0 Å². The summed E-state index contributed by atoms with van der Waals surface area (Å²) in [7, 11) is -0.894. The Morgan fingerprint density at radius 2 is 0.356 bits per heavy atom. The standard InChI is InChI=1S/C54H45As2BO2/c1-10-28-46(29-11-1)55(47-30-12-2-13-31-47,48-32-14-3-15-33-48,49-34-16-4-17-35-49)58-57(54-44-26-9-27-45-54)59-56(50-36-18-5-19-37-50,51-38-20-6-21-39-51,52-40-22-7-23-41-52)53-42-24-8-25-43-53/h1-45H. The summed E-state index contributed by atoms with van der Waals surface area (Å²) in [5.41, 5.74) is 0.934. The molecule has 0 N–H and O–H groups in total. The molecule has 0 fully saturated rings. The van der Waals surface area contributed by atoms with Gasteiger partial charge in [0.2, 0.25) is 0 Å². The van der Waals surface area contributed by atoms with Crippen LogP contribution in [0, 0.1) is 0 Å². The van der Waals surface area contributed by atoms with E-state index >= 15 is 0 Å². The second-order valence-electron chi connectivity index (χ2n) is 14.7. The van der Waals surface area contributed by atoms with Crippen molar-refractivity contribution in [3.8, 4) is 0 Å². The third-order valence-electron chi connectivity index (χ3n) is 11.7. The first-order chi connectivity index (χ1) is 29.2. The normalized spacial score (nSPS) is 12.9. The Morgan fingerprint density at radius 1 is 0.203 bits per heavy atom. The van der Waals surface area contributed by atoms with Gasteiger partial charge < -0.3 is 0 Å². The Kier molecular flexibility index (Phi) is 10.7. The van der Waals surface area contributed by atoms with E-state index in [2.05, 4.69) is 273 Å². The first kappa shape index (κ1) is 38.6. The minimum atomic E-state index is -5.20. The molecule has 0 aliphatic carbocycles. The molecule has 5 heteroatoms. The third-order valence-corrected chi connectivity index (χ3v) is 35.8. The van der Waals surface area contributed by atoms with Crippen molar-refractivity contribution in [2.24, 2.45) is 0 Å². The van der Waals surface area contributed by atoms with Gasteiger partial charge in [0.15, 0.2) is 0 Å². The molecule has 9 aromatic rings. The van der Waals surface area contributed by atoms with Crippen LogP contribution in [0.2, 0.25) is 0 Å². The fraction of sp³-hybridized carbons (Fsp3) is 0. The van der Waals surface area contributed by atoms with Crippen molar-refractivity contribution in [1.29, 1.82) is 0 Å². The summed E-state index contributed by atoms with van der Waals surface area (Å²) in [4.78, 5) is 0. The second-order valence-corrected chi connectivity index (χ2v) is 33.0. The first-order valence-corrected chi connectivity index (χ1v) is 29.1. The van der Waals surface area contributed by atoms with Crippen LogP contribution < -0.4 is 40.3 Å². The minimum absolute atomic E-state index is 0.894. The molecule has 0 unspecified atom stereocenters. The summed E-state index contributed by atoms with van der Waals surface area (Å²) < 4.78 is 26.5. The number of rotatable bonds is 13. The summed E-state index contributed by atoms with van der Waals surface area (Å²) in [6.45, 7) is 0. The van der Waals surface area contributed by atoms with Crippen LogP contribution >= 0.6 is 0 Å². The summed E-state index contributed by atoms with van der Waals surface area (Å²) in [6.07, 6.45) is 0. The number of hydrogen-bond acceptors (Lipinski definition) is 2. The molecule has 0 saturated heterocycles. The van der Waals surface area contributed by atoms with E-state index in [0.717, 1.165) is 40.3 Å². The van der Waals surface area contributed by atoms with Gasteiger partial charge in [0.1, 0.15) is 0 Å². The fourth-order valence-corrected chi connectivity index (χ4v) is 33.7. The quantitative estimate of drug-likeness (QED) is 0.124. The molecule has 0 aliphatic rings. The van der Waals surface area contributed by atoms with Gasteiger partial charge in [0.05, 0.1) is 0 Å². The molecule has 0 amide bonds. The van der Waals surface area contributed by atoms with Crippen molar-refractivity contribution in [2.75, 3.05) is 0 Å². The zero-order valence-corrected chi connectivity index (χ0v) is 36.5. The van der Waals surface area contributed by atoms with Crippen molar-refractivity contribution < 1.29 is 7.29 Å². The Labute approximate surface area is 350 Å². The van der Waals surface area contributed by atoms with Gasteiger partial charge in [0, 0.05) is 0 Å². The van der Waals surface area contributed by atoms with Gasteiger partial charge in [-0.3, -0.25) is 0 Å². The molecule has 286 valence electrons. The topological polar surface area (TPSA) is 18.5 Å². The maximum atomic E-state index is 8.72. The molecule has 0 radical (unpaired) electrons. The average molecular weight is 887 g/mol. The zero-order valence-electron chi connectivity index (χ0n) is 32.8. The molecular formula is C54H45As2BO2. The van der Waals surface area contributed by atoms with Crippen molar-refractivity contribution in [3.63, 3.8) is 0 Å². The van der Waals surface area contributed by atoms with Gasteiger partial charge in [-0.15, -0.1) is 0 Å². The number of hydrogen-bond donors (Lipinski definition) is 0. The predicted octanol–water partition coefficient (Wildman–Crippen LogP) is 6.47. The SMILES string of the molecule is c1ccc(B(O[As](c2ccccc2)(c2ccccc2)(c2ccccc2)c2ccccc2)O[As](c2ccccc2)(c2ccccc2)(c2ccccc2)c2ccccc2)cc1. The Balaban J connectivity index is 1.49. The van der Waals surface area contributed by atoms with E-state index in [4.69, 9.17) is 7.29 Å². The van der Waals surface area contributed by atoms with E-state index in [1.165, 1.54) is 0 Å². The second kappa shape index (κ2) is 16.4. The predicted molar refractivity (Wildman–Crippen MR) is 254 cm³/mol. The molecule has 0 heterocycles. The summed E-state index contributed by atoms with van der Waals surface area (Å²) >= 11 is -10.4. The molecular weight excluding hydrogens is 841 g/mol. The summed E-state index contributed by atoms with van der Waals surface area (Å²) in [6, 6.07) is 98.1. The van der Waals surface area contributed by atoms with E-state index in [1.807, 2.05) is 0 Å². The van der Waals surface area contributed by atoms with Crippen LogP contribution in [0.1, 0.15) is 0 Å². The summed E-state index contributed by atoms with van der Waals surface area (Å²) in [5.74, 6) is 0. The molecule has 9 rings (SSSR count). The molecule has 0 bridgehead atoms. The molecule has 9 aromatic carbocycles. The Morgan fingerprint density at radius 3 is 0.525 bits per heavy atom. The van der Waals surface area contributed by atoms with Crippen molar-refractivity contribution in [3.05, 3.63) is 273 Å². The maximum absolute atomic E-state index is 8.72. The summed E-state index contributed by atoms with van der Waals surface area (Å²) in [5, 5.41) is 0. The van der Waals surface area contributed by atoms with Gasteiger partial charge in [-0.2, -0.15) is 0 Å². The average Bonchev–Trinajstić information content (AvgIpc) is 3.35. The molecule has 2 nitrogen and oxygen atoms in total. The van der Waals surface area contributed by atoms with Crippen LogP contribution in [-0.2, 0) is 7.29 Å².